The van der Waals surface area contributed by atoms with Gasteiger partial charge in [0.2, 0.25) is 0 Å². The number of pyridine rings is 1. The molecule has 1 aliphatic heterocycles. The van der Waals surface area contributed by atoms with Crippen LogP contribution in [0, 0.1) is 6.92 Å². The molecule has 116 valence electrons. The molecule has 0 amide bonds. The largest absolute Gasteiger partial charge is 0.373 e. The number of nitrogens with one attached hydrogen (secondary N) is 1. The summed E-state index contributed by atoms with van der Waals surface area (Å²) in [7, 11) is 1.88. The molecule has 1 N–H and O–H groups in total. The summed E-state index contributed by atoms with van der Waals surface area (Å²) in [6.45, 7) is 3.82. The van der Waals surface area contributed by atoms with Gasteiger partial charge >= 0.3 is 0 Å². The molecule has 0 spiro atoms. The molecule has 22 heavy (non-hydrogen) atoms. The lowest BCUT2D eigenvalue weighted by atomic mass is 10.1. The molecule has 0 radical (unpaired) electrons. The number of rotatable bonds is 4. The first-order valence-corrected chi connectivity index (χ1v) is 7.91. The van der Waals surface area contributed by atoms with E-state index in [0.29, 0.717) is 11.1 Å². The second kappa shape index (κ2) is 6.58. The summed E-state index contributed by atoms with van der Waals surface area (Å²) < 4.78 is 0. The van der Waals surface area contributed by atoms with E-state index in [0.717, 1.165) is 42.5 Å². The summed E-state index contributed by atoms with van der Waals surface area (Å²) in [6, 6.07) is 6.25. The van der Waals surface area contributed by atoms with Crippen molar-refractivity contribution in [1.82, 2.24) is 19.9 Å². The van der Waals surface area contributed by atoms with Gasteiger partial charge in [0, 0.05) is 25.9 Å². The molecule has 0 aliphatic carbocycles. The van der Waals surface area contributed by atoms with Crippen molar-refractivity contribution < 1.29 is 0 Å². The predicted molar refractivity (Wildman–Crippen MR) is 87.9 cm³/mol. The lowest BCUT2D eigenvalue weighted by molar-refractivity contribution is 0.241. The summed E-state index contributed by atoms with van der Waals surface area (Å²) in [6.07, 6.45) is 4.00. The standard InChI is InChI=1S/C16H20ClN5/c1-11-20-14(8-16(18-2)21-11)15-4-3-7-22(15)10-13-6-5-12(17)9-19-13/h5-6,8-9,15H,3-4,7,10H2,1-2H3,(H,18,20,21)/t15-/m1/s1. The predicted octanol–water partition coefficient (Wildman–Crippen LogP) is 3.21. The average Bonchev–Trinajstić information content (AvgIpc) is 2.97. The third kappa shape index (κ3) is 3.36. The summed E-state index contributed by atoms with van der Waals surface area (Å²) in [5.41, 5.74) is 2.12. The fourth-order valence-electron chi connectivity index (χ4n) is 2.95. The first-order chi connectivity index (χ1) is 10.7. The third-order valence-electron chi connectivity index (χ3n) is 3.97. The van der Waals surface area contributed by atoms with Gasteiger partial charge in [0.15, 0.2) is 0 Å². The maximum Gasteiger partial charge on any atom is 0.129 e. The number of nitrogens with zero attached hydrogens (tertiary/aromatic N) is 4. The van der Waals surface area contributed by atoms with E-state index in [2.05, 4.69) is 25.2 Å². The highest BCUT2D eigenvalue weighted by Gasteiger charge is 2.28. The molecule has 0 unspecified atom stereocenters. The van der Waals surface area contributed by atoms with Gasteiger partial charge in [-0.2, -0.15) is 0 Å². The molecule has 5 nitrogen and oxygen atoms in total. The fraction of sp³-hybridized carbons (Fsp3) is 0.438. The summed E-state index contributed by atoms with van der Waals surface area (Å²) in [5, 5.41) is 3.78. The molecule has 1 fully saturated rings. The highest BCUT2D eigenvalue weighted by atomic mass is 35.5. The van der Waals surface area contributed by atoms with Crippen molar-refractivity contribution in [1.29, 1.82) is 0 Å². The van der Waals surface area contributed by atoms with Gasteiger partial charge in [0.1, 0.15) is 11.6 Å². The van der Waals surface area contributed by atoms with Crippen LogP contribution in [0.15, 0.2) is 24.4 Å². The summed E-state index contributed by atoms with van der Waals surface area (Å²) >= 11 is 5.90. The zero-order valence-electron chi connectivity index (χ0n) is 12.9. The molecule has 0 bridgehead atoms. The minimum Gasteiger partial charge on any atom is -0.373 e. The highest BCUT2D eigenvalue weighted by molar-refractivity contribution is 6.30. The number of aryl methyl sites for hydroxylation is 1. The van der Waals surface area contributed by atoms with E-state index in [9.17, 15) is 0 Å². The average molecular weight is 318 g/mol. The first kappa shape index (κ1) is 15.2. The maximum absolute atomic E-state index is 5.90. The van der Waals surface area contributed by atoms with E-state index >= 15 is 0 Å². The van der Waals surface area contributed by atoms with Gasteiger partial charge in [-0.25, -0.2) is 9.97 Å². The molecule has 3 rings (SSSR count). The first-order valence-electron chi connectivity index (χ1n) is 7.53. The number of hydrogen-bond acceptors (Lipinski definition) is 5. The van der Waals surface area contributed by atoms with E-state index < -0.39 is 0 Å². The second-order valence-electron chi connectivity index (χ2n) is 5.57. The van der Waals surface area contributed by atoms with Crippen LogP contribution in [0.3, 0.4) is 0 Å². The van der Waals surface area contributed by atoms with Crippen molar-refractivity contribution in [3.05, 3.63) is 46.6 Å². The Bertz CT molecular complexity index is 643. The molecule has 0 aromatic carbocycles. The van der Waals surface area contributed by atoms with Gasteiger partial charge in [-0.15, -0.1) is 0 Å². The lowest BCUT2D eigenvalue weighted by Gasteiger charge is -2.24. The van der Waals surface area contributed by atoms with Gasteiger partial charge in [0.05, 0.1) is 22.5 Å². The van der Waals surface area contributed by atoms with Crippen LogP contribution in [0.4, 0.5) is 5.82 Å². The molecular weight excluding hydrogens is 298 g/mol. The van der Waals surface area contributed by atoms with Crippen LogP contribution >= 0.6 is 11.6 Å². The Morgan fingerprint density at radius 1 is 1.36 bits per heavy atom. The van der Waals surface area contributed by atoms with Crippen LogP contribution in [0.25, 0.3) is 0 Å². The number of likely N-dealkylation sites (tertiary alicyclic amines) is 1. The Hall–Kier alpha value is -1.72. The van der Waals surface area contributed by atoms with Crippen LogP contribution in [0.2, 0.25) is 5.02 Å². The van der Waals surface area contributed by atoms with Crippen molar-refractivity contribution in [2.24, 2.45) is 0 Å². The van der Waals surface area contributed by atoms with Gasteiger partial charge in [0.25, 0.3) is 0 Å². The summed E-state index contributed by atoms with van der Waals surface area (Å²) in [5.74, 6) is 1.68. The van der Waals surface area contributed by atoms with E-state index in [1.54, 1.807) is 6.20 Å². The van der Waals surface area contributed by atoms with Crippen LogP contribution in [-0.4, -0.2) is 33.4 Å². The number of halogens is 1. The molecule has 3 heterocycles. The third-order valence-corrected chi connectivity index (χ3v) is 4.20. The molecule has 2 aromatic rings. The zero-order chi connectivity index (χ0) is 15.5. The normalized spacial score (nSPS) is 18.6. The molecule has 2 aromatic heterocycles. The van der Waals surface area contributed by atoms with Crippen LogP contribution in [0.1, 0.15) is 36.1 Å². The number of anilines is 1. The van der Waals surface area contributed by atoms with Gasteiger partial charge in [-0.3, -0.25) is 9.88 Å². The lowest BCUT2D eigenvalue weighted by Crippen LogP contribution is -2.24. The Kier molecular flexibility index (Phi) is 4.55. The van der Waals surface area contributed by atoms with E-state index in [1.165, 1.54) is 6.42 Å². The Balaban J connectivity index is 1.80. The van der Waals surface area contributed by atoms with Gasteiger partial charge in [-0.05, 0) is 38.4 Å². The molecule has 1 atom stereocenters. The van der Waals surface area contributed by atoms with Crippen molar-refractivity contribution in [3.8, 4) is 0 Å². The Morgan fingerprint density at radius 2 is 2.23 bits per heavy atom. The summed E-state index contributed by atoms with van der Waals surface area (Å²) in [4.78, 5) is 15.8. The van der Waals surface area contributed by atoms with Crippen LogP contribution in [0.5, 0.6) is 0 Å². The topological polar surface area (TPSA) is 53.9 Å². The minimum absolute atomic E-state index is 0.325. The molecule has 1 saturated heterocycles. The monoisotopic (exact) mass is 317 g/mol. The highest BCUT2D eigenvalue weighted by Crippen LogP contribution is 2.32. The van der Waals surface area contributed by atoms with Crippen LogP contribution in [-0.2, 0) is 6.54 Å². The van der Waals surface area contributed by atoms with Crippen molar-refractivity contribution in [2.75, 3.05) is 18.9 Å². The molecular formula is C16H20ClN5. The Morgan fingerprint density at radius 3 is 2.95 bits per heavy atom. The van der Waals surface area contributed by atoms with Crippen molar-refractivity contribution in [3.63, 3.8) is 0 Å². The van der Waals surface area contributed by atoms with E-state index in [-0.39, 0.29) is 0 Å². The second-order valence-corrected chi connectivity index (χ2v) is 6.01. The molecule has 0 saturated carbocycles. The zero-order valence-corrected chi connectivity index (χ0v) is 13.6. The maximum atomic E-state index is 5.90. The van der Waals surface area contributed by atoms with Crippen LogP contribution < -0.4 is 5.32 Å². The SMILES string of the molecule is CNc1cc([C@H]2CCCN2Cc2ccc(Cl)cn2)nc(C)n1. The minimum atomic E-state index is 0.325. The van der Waals surface area contributed by atoms with E-state index in [4.69, 9.17) is 11.6 Å². The van der Waals surface area contributed by atoms with E-state index in [1.807, 2.05) is 32.2 Å². The van der Waals surface area contributed by atoms with Gasteiger partial charge in [-0.1, -0.05) is 11.6 Å². The number of aromatic nitrogens is 3. The van der Waals surface area contributed by atoms with Gasteiger partial charge < -0.3 is 5.32 Å². The fourth-order valence-corrected chi connectivity index (χ4v) is 3.06. The molecule has 1 aliphatic rings. The molecule has 6 heteroatoms. The van der Waals surface area contributed by atoms with Crippen molar-refractivity contribution in [2.45, 2.75) is 32.4 Å². The quantitative estimate of drug-likeness (QED) is 0.938. The van der Waals surface area contributed by atoms with Crippen molar-refractivity contribution >= 4 is 17.4 Å². The Labute approximate surface area is 135 Å². The number of hydrogen-bond donors (Lipinski definition) is 1. The smallest absolute Gasteiger partial charge is 0.129 e.